The van der Waals surface area contributed by atoms with E-state index in [1.165, 1.54) is 6.33 Å². The second kappa shape index (κ2) is 9.50. The highest BCUT2D eigenvalue weighted by atomic mass is 16.5. The highest BCUT2D eigenvalue weighted by Gasteiger charge is 2.23. The maximum Gasteiger partial charge on any atom is 0.165 e. The van der Waals surface area contributed by atoms with E-state index in [9.17, 15) is 0 Å². The van der Waals surface area contributed by atoms with Crippen molar-refractivity contribution in [2.24, 2.45) is 0 Å². The van der Waals surface area contributed by atoms with Crippen LogP contribution in [0.3, 0.4) is 0 Å². The summed E-state index contributed by atoms with van der Waals surface area (Å²) in [5.41, 5.74) is 12.9. The highest BCUT2D eigenvalue weighted by Crippen LogP contribution is 2.45. The number of pyridine rings is 2. The molecule has 0 aliphatic rings. The predicted molar refractivity (Wildman–Crippen MR) is 143 cm³/mol. The molecule has 0 atom stereocenters. The molecule has 0 unspecified atom stereocenters. The molecule has 2 aromatic carbocycles. The summed E-state index contributed by atoms with van der Waals surface area (Å²) in [6, 6.07) is 19.8. The van der Waals surface area contributed by atoms with Crippen molar-refractivity contribution in [1.82, 2.24) is 19.9 Å². The predicted octanol–water partition coefficient (Wildman–Crippen LogP) is 5.09. The molecular weight excluding hydrogens is 452 g/mol. The van der Waals surface area contributed by atoms with Gasteiger partial charge in [0.1, 0.15) is 12.1 Å². The molecule has 2 N–H and O–H groups in total. The molecule has 3 aromatic heterocycles. The maximum atomic E-state index is 6.43. The Morgan fingerprint density at radius 1 is 0.778 bits per heavy atom. The van der Waals surface area contributed by atoms with Gasteiger partial charge in [0.25, 0.3) is 0 Å². The number of rotatable bonds is 6. The van der Waals surface area contributed by atoms with Crippen molar-refractivity contribution in [1.29, 1.82) is 0 Å². The summed E-state index contributed by atoms with van der Waals surface area (Å²) >= 11 is 0. The average Bonchev–Trinajstić information content (AvgIpc) is 2.92. The molecule has 0 aliphatic carbocycles. The van der Waals surface area contributed by atoms with Crippen molar-refractivity contribution in [3.05, 3.63) is 73.2 Å². The first kappa shape index (κ1) is 23.0. The molecule has 0 radical (unpaired) electrons. The molecule has 8 heteroatoms. The van der Waals surface area contributed by atoms with Gasteiger partial charge < -0.3 is 20.1 Å². The molecule has 36 heavy (non-hydrogen) atoms. The summed E-state index contributed by atoms with van der Waals surface area (Å²) in [6.45, 7) is 0. The van der Waals surface area contributed by atoms with Gasteiger partial charge in [-0.25, -0.2) is 15.0 Å². The van der Waals surface area contributed by atoms with Crippen LogP contribution in [0.1, 0.15) is 0 Å². The Hall–Kier alpha value is -4.72. The SMILES string of the molecule is COc1ccc(-c2c(-c3ccc(N(C)C)cn3)nc3ncnc(N)c3c2-c2ccccc2)cc1OC. The molecule has 3 heterocycles. The van der Waals surface area contributed by atoms with Gasteiger partial charge in [-0.1, -0.05) is 36.4 Å². The van der Waals surface area contributed by atoms with Crippen molar-refractivity contribution in [3.8, 4) is 45.1 Å². The van der Waals surface area contributed by atoms with E-state index in [4.69, 9.17) is 25.2 Å². The molecule has 8 nitrogen and oxygen atoms in total. The Kier molecular flexibility index (Phi) is 6.08. The van der Waals surface area contributed by atoms with Crippen LogP contribution in [0.15, 0.2) is 73.2 Å². The molecule has 5 aromatic rings. The molecule has 0 fully saturated rings. The van der Waals surface area contributed by atoms with Crippen LogP contribution in [-0.4, -0.2) is 48.3 Å². The molecule has 0 saturated heterocycles. The Balaban J connectivity index is 1.92. The van der Waals surface area contributed by atoms with E-state index in [-0.39, 0.29) is 0 Å². The van der Waals surface area contributed by atoms with Gasteiger partial charge in [0.2, 0.25) is 0 Å². The number of nitrogen functional groups attached to an aromatic ring is 1. The standard InChI is InChI=1S/C28H26N6O2/c1-34(2)19-11-12-20(30-15-19)26-24(18-10-13-21(35-3)22(14-18)36-4)23(17-8-6-5-7-9-17)25-27(29)31-16-32-28(25)33-26/h5-16H,1-4H3,(H2,29,31,32,33). The number of nitrogens with two attached hydrogens (primary N) is 1. The van der Waals surface area contributed by atoms with Crippen molar-refractivity contribution in [2.75, 3.05) is 38.9 Å². The van der Waals surface area contributed by atoms with Crippen molar-refractivity contribution in [2.45, 2.75) is 0 Å². The summed E-state index contributed by atoms with van der Waals surface area (Å²) in [5, 5.41) is 0.683. The van der Waals surface area contributed by atoms with E-state index in [1.807, 2.05) is 85.9 Å². The fourth-order valence-electron chi connectivity index (χ4n) is 4.26. The van der Waals surface area contributed by atoms with E-state index < -0.39 is 0 Å². The van der Waals surface area contributed by atoms with Gasteiger partial charge in [0.05, 0.1) is 42.9 Å². The normalized spacial score (nSPS) is 10.9. The molecule has 0 bridgehead atoms. The summed E-state index contributed by atoms with van der Waals surface area (Å²) in [7, 11) is 7.19. The average molecular weight is 479 g/mol. The van der Waals surface area contributed by atoms with Crippen LogP contribution in [0.2, 0.25) is 0 Å². The zero-order valence-electron chi connectivity index (χ0n) is 20.6. The first-order chi connectivity index (χ1) is 17.5. The third-order valence-corrected chi connectivity index (χ3v) is 6.05. The third kappa shape index (κ3) is 4.02. The van der Waals surface area contributed by atoms with E-state index >= 15 is 0 Å². The topological polar surface area (TPSA) is 99.3 Å². The summed E-state index contributed by atoms with van der Waals surface area (Å²) < 4.78 is 11.1. The van der Waals surface area contributed by atoms with Crippen molar-refractivity contribution in [3.63, 3.8) is 0 Å². The van der Waals surface area contributed by atoms with Crippen LogP contribution in [0.25, 0.3) is 44.7 Å². The van der Waals surface area contributed by atoms with Crippen LogP contribution in [0.4, 0.5) is 11.5 Å². The molecule has 0 saturated carbocycles. The van der Waals surface area contributed by atoms with Gasteiger partial charge in [-0.3, -0.25) is 4.98 Å². The monoisotopic (exact) mass is 478 g/mol. The Labute approximate surface area is 209 Å². The zero-order chi connectivity index (χ0) is 25.2. The first-order valence-corrected chi connectivity index (χ1v) is 11.4. The van der Waals surface area contributed by atoms with E-state index in [0.29, 0.717) is 39.7 Å². The second-order valence-electron chi connectivity index (χ2n) is 8.40. The lowest BCUT2D eigenvalue weighted by molar-refractivity contribution is 0.355. The number of hydrogen-bond donors (Lipinski definition) is 1. The number of aromatic nitrogens is 4. The molecule has 180 valence electrons. The van der Waals surface area contributed by atoms with Crippen molar-refractivity contribution < 1.29 is 9.47 Å². The quantitative estimate of drug-likeness (QED) is 0.360. The minimum atomic E-state index is 0.357. The Morgan fingerprint density at radius 3 is 2.22 bits per heavy atom. The van der Waals surface area contributed by atoms with Crippen LogP contribution < -0.4 is 20.1 Å². The van der Waals surface area contributed by atoms with E-state index in [0.717, 1.165) is 27.9 Å². The van der Waals surface area contributed by atoms with Gasteiger partial charge in [-0.2, -0.15) is 0 Å². The van der Waals surface area contributed by atoms with Gasteiger partial charge >= 0.3 is 0 Å². The molecular formula is C28H26N6O2. The lowest BCUT2D eigenvalue weighted by Gasteiger charge is -2.19. The molecule has 0 amide bonds. The number of nitrogens with zero attached hydrogens (tertiary/aromatic N) is 5. The number of benzene rings is 2. The van der Waals surface area contributed by atoms with Crippen LogP contribution in [0, 0.1) is 0 Å². The largest absolute Gasteiger partial charge is 0.493 e. The lowest BCUT2D eigenvalue weighted by atomic mass is 9.89. The maximum absolute atomic E-state index is 6.43. The zero-order valence-corrected chi connectivity index (χ0v) is 20.6. The van der Waals surface area contributed by atoms with Crippen molar-refractivity contribution >= 4 is 22.5 Å². The third-order valence-electron chi connectivity index (χ3n) is 6.05. The number of hydrogen-bond acceptors (Lipinski definition) is 8. The van der Waals surface area contributed by atoms with Gasteiger partial charge in [0, 0.05) is 25.2 Å². The summed E-state index contributed by atoms with van der Waals surface area (Å²) in [4.78, 5) is 20.5. The first-order valence-electron chi connectivity index (χ1n) is 11.4. The summed E-state index contributed by atoms with van der Waals surface area (Å²) in [6.07, 6.45) is 3.26. The second-order valence-corrected chi connectivity index (χ2v) is 8.40. The van der Waals surface area contributed by atoms with Gasteiger partial charge in [0.15, 0.2) is 17.1 Å². The number of anilines is 2. The van der Waals surface area contributed by atoms with Crippen LogP contribution in [-0.2, 0) is 0 Å². The fraction of sp³-hybridized carbons (Fsp3) is 0.143. The van der Waals surface area contributed by atoms with Crippen LogP contribution >= 0.6 is 0 Å². The summed E-state index contributed by atoms with van der Waals surface area (Å²) in [5.74, 6) is 1.60. The van der Waals surface area contributed by atoms with Gasteiger partial charge in [-0.15, -0.1) is 0 Å². The molecule has 5 rings (SSSR count). The van der Waals surface area contributed by atoms with E-state index in [2.05, 4.69) is 9.97 Å². The highest BCUT2D eigenvalue weighted by molar-refractivity contribution is 6.09. The smallest absolute Gasteiger partial charge is 0.165 e. The number of methoxy groups -OCH3 is 2. The fourth-order valence-corrected chi connectivity index (χ4v) is 4.26. The van der Waals surface area contributed by atoms with Gasteiger partial charge in [-0.05, 0) is 35.4 Å². The molecule has 0 aliphatic heterocycles. The number of ether oxygens (including phenoxy) is 2. The minimum absolute atomic E-state index is 0.357. The van der Waals surface area contributed by atoms with E-state index in [1.54, 1.807) is 14.2 Å². The van der Waals surface area contributed by atoms with Crippen LogP contribution in [0.5, 0.6) is 11.5 Å². The minimum Gasteiger partial charge on any atom is -0.493 e. The Bertz CT molecular complexity index is 1540. The number of fused-ring (bicyclic) bond motifs is 1. The molecule has 0 spiro atoms. The lowest BCUT2D eigenvalue weighted by Crippen LogP contribution is -2.09. The Morgan fingerprint density at radius 2 is 1.56 bits per heavy atom.